The van der Waals surface area contributed by atoms with Crippen LogP contribution >= 0.6 is 0 Å². The molecule has 0 aliphatic heterocycles. The summed E-state index contributed by atoms with van der Waals surface area (Å²) in [6.07, 6.45) is 43.0. The summed E-state index contributed by atoms with van der Waals surface area (Å²) < 4.78 is 36.7. The lowest BCUT2D eigenvalue weighted by Crippen LogP contribution is -2.40. The minimum atomic E-state index is -1.39. The highest BCUT2D eigenvalue weighted by atomic mass is 16.6. The Bertz CT molecular complexity index is 1670. The number of carbonyl (C=O) groups is 2. The summed E-state index contributed by atoms with van der Waals surface area (Å²) in [6.45, 7) is 9.61. The fourth-order valence-corrected chi connectivity index (χ4v) is 9.36. The molecule has 0 spiro atoms. The summed E-state index contributed by atoms with van der Waals surface area (Å²) in [5.41, 5.74) is 17.9. The fourth-order valence-electron chi connectivity index (χ4n) is 9.36. The Labute approximate surface area is 466 Å². The number of hydrogen-bond acceptors (Lipinski definition) is 10. The number of esters is 2. The van der Waals surface area contributed by atoms with Crippen LogP contribution in [0.3, 0.4) is 0 Å². The third kappa shape index (κ3) is 36.1. The summed E-state index contributed by atoms with van der Waals surface area (Å²) in [5.74, 6) is 0.630. The first-order chi connectivity index (χ1) is 37.8. The highest BCUT2D eigenvalue weighted by Crippen LogP contribution is 2.29. The number of rotatable bonds is 54. The van der Waals surface area contributed by atoms with Crippen LogP contribution in [0.25, 0.3) is 20.9 Å². The van der Waals surface area contributed by atoms with Crippen molar-refractivity contribution >= 4 is 11.9 Å². The Morgan fingerprint density at radius 3 is 0.805 bits per heavy atom. The molecule has 0 saturated heterocycles. The minimum Gasteiger partial charge on any atom is -0.493 e. The standard InChI is InChI=1S/C63H106N6O8/c1-5-9-13-17-21-25-29-33-37-41-72-57-45-55(46-58(49-57)73-42-38-34-30-26-22-18-14-10-6-2)61(70)76-53-63(51-66-68-64,52-67-69-65)54-77-62(71)56-47-59(74-43-39-35-31-27-23-19-15-11-7-3)50-60(48-56)75-44-40-36-32-28-24-20-16-12-8-4/h45-50H,5-44,51-54H2,1-4H3. The molecule has 436 valence electrons. The van der Waals surface area contributed by atoms with Gasteiger partial charge in [0.05, 0.1) is 37.6 Å². The molecule has 2 aromatic rings. The Morgan fingerprint density at radius 1 is 0.364 bits per heavy atom. The Kier molecular flexibility index (Phi) is 42.9. The Morgan fingerprint density at radius 2 is 0.584 bits per heavy atom. The van der Waals surface area contributed by atoms with Gasteiger partial charge in [-0.15, -0.1) is 0 Å². The summed E-state index contributed by atoms with van der Waals surface area (Å²) >= 11 is 0. The molecular formula is C63H106N6O8. The van der Waals surface area contributed by atoms with E-state index < -0.39 is 17.4 Å². The zero-order valence-corrected chi connectivity index (χ0v) is 49.0. The van der Waals surface area contributed by atoms with E-state index in [9.17, 15) is 20.7 Å². The van der Waals surface area contributed by atoms with E-state index in [1.807, 2.05) is 12.1 Å². The second kappa shape index (κ2) is 48.3. The van der Waals surface area contributed by atoms with Crippen LogP contribution in [0.15, 0.2) is 46.6 Å². The summed E-state index contributed by atoms with van der Waals surface area (Å²) in [4.78, 5) is 33.9. The maximum Gasteiger partial charge on any atom is 0.338 e. The molecule has 14 heteroatoms. The van der Waals surface area contributed by atoms with E-state index in [1.54, 1.807) is 24.3 Å². The van der Waals surface area contributed by atoms with Crippen LogP contribution in [0.1, 0.15) is 280 Å². The molecular weight excluding hydrogens is 969 g/mol. The smallest absolute Gasteiger partial charge is 0.338 e. The van der Waals surface area contributed by atoms with Crippen LogP contribution in [0.2, 0.25) is 0 Å². The van der Waals surface area contributed by atoms with E-state index in [0.29, 0.717) is 49.4 Å². The first kappa shape index (κ1) is 68.3. The van der Waals surface area contributed by atoms with Crippen LogP contribution in [-0.4, -0.2) is 64.7 Å². The summed E-state index contributed by atoms with van der Waals surface area (Å²) in [6, 6.07) is 10.2. The molecule has 0 aromatic heterocycles. The number of unbranched alkanes of at least 4 members (excludes halogenated alkanes) is 32. The molecule has 0 amide bonds. The minimum absolute atomic E-state index is 0.212. The number of azide groups is 2. The molecule has 0 heterocycles. The number of nitrogens with zero attached hydrogens (tertiary/aromatic N) is 6. The van der Waals surface area contributed by atoms with Crippen molar-refractivity contribution in [3.05, 3.63) is 68.4 Å². The van der Waals surface area contributed by atoms with Gasteiger partial charge >= 0.3 is 11.9 Å². The van der Waals surface area contributed by atoms with Crippen LogP contribution in [0, 0.1) is 5.41 Å². The zero-order valence-electron chi connectivity index (χ0n) is 49.0. The van der Waals surface area contributed by atoms with Gasteiger partial charge in [-0.2, -0.15) is 0 Å². The molecule has 2 rings (SSSR count). The first-order valence-electron chi connectivity index (χ1n) is 31.0. The van der Waals surface area contributed by atoms with Crippen molar-refractivity contribution in [2.75, 3.05) is 52.7 Å². The number of benzene rings is 2. The van der Waals surface area contributed by atoms with Gasteiger partial charge in [-0.05, 0) is 61.0 Å². The van der Waals surface area contributed by atoms with Crippen LogP contribution in [0.4, 0.5) is 0 Å². The number of ether oxygens (including phenoxy) is 6. The Hall–Kier alpha value is -4.80. The highest BCUT2D eigenvalue weighted by molar-refractivity contribution is 5.91. The average Bonchev–Trinajstić information content (AvgIpc) is 3.44. The molecule has 0 radical (unpaired) electrons. The van der Waals surface area contributed by atoms with Crippen molar-refractivity contribution in [3.63, 3.8) is 0 Å². The molecule has 0 unspecified atom stereocenters. The van der Waals surface area contributed by atoms with Gasteiger partial charge in [0, 0.05) is 40.5 Å². The molecule has 2 aromatic carbocycles. The highest BCUT2D eigenvalue weighted by Gasteiger charge is 2.34. The Balaban J connectivity index is 2.22. The van der Waals surface area contributed by atoms with Crippen molar-refractivity contribution in [2.24, 2.45) is 15.6 Å². The van der Waals surface area contributed by atoms with E-state index in [4.69, 9.17) is 28.4 Å². The van der Waals surface area contributed by atoms with Crippen molar-refractivity contribution in [3.8, 4) is 23.0 Å². The second-order valence-electron chi connectivity index (χ2n) is 21.5. The molecule has 0 fully saturated rings. The van der Waals surface area contributed by atoms with Gasteiger partial charge < -0.3 is 28.4 Å². The molecule has 0 aliphatic rings. The van der Waals surface area contributed by atoms with E-state index in [1.165, 1.54) is 154 Å². The van der Waals surface area contributed by atoms with Crippen molar-refractivity contribution in [1.82, 2.24) is 0 Å². The third-order valence-corrected chi connectivity index (χ3v) is 14.3. The van der Waals surface area contributed by atoms with Crippen molar-refractivity contribution in [1.29, 1.82) is 0 Å². The largest absolute Gasteiger partial charge is 0.493 e. The van der Waals surface area contributed by atoms with Crippen molar-refractivity contribution in [2.45, 2.75) is 259 Å². The van der Waals surface area contributed by atoms with Crippen LogP contribution in [0.5, 0.6) is 23.0 Å². The molecule has 0 aliphatic carbocycles. The fraction of sp³-hybridized carbons (Fsp3) is 0.778. The van der Waals surface area contributed by atoms with Crippen LogP contribution < -0.4 is 18.9 Å². The third-order valence-electron chi connectivity index (χ3n) is 14.3. The lowest BCUT2D eigenvalue weighted by molar-refractivity contribution is 0.000361. The predicted molar refractivity (Wildman–Crippen MR) is 315 cm³/mol. The molecule has 0 N–H and O–H groups in total. The lowest BCUT2D eigenvalue weighted by Gasteiger charge is -2.29. The van der Waals surface area contributed by atoms with E-state index >= 15 is 0 Å². The maximum absolute atomic E-state index is 14.0. The first-order valence-corrected chi connectivity index (χ1v) is 31.0. The van der Waals surface area contributed by atoms with Gasteiger partial charge in [0.2, 0.25) is 0 Å². The quantitative estimate of drug-likeness (QED) is 0.0206. The van der Waals surface area contributed by atoms with Gasteiger partial charge in [0.15, 0.2) is 0 Å². The van der Waals surface area contributed by atoms with Crippen molar-refractivity contribution < 1.29 is 38.0 Å². The number of carbonyl (C=O) groups excluding carboxylic acids is 2. The molecule has 0 bridgehead atoms. The van der Waals surface area contributed by atoms with Gasteiger partial charge in [0.25, 0.3) is 0 Å². The lowest BCUT2D eigenvalue weighted by atomic mass is 9.90. The van der Waals surface area contributed by atoms with Gasteiger partial charge in [0.1, 0.15) is 36.2 Å². The van der Waals surface area contributed by atoms with E-state index in [2.05, 4.69) is 47.7 Å². The maximum atomic E-state index is 14.0. The monoisotopic (exact) mass is 1070 g/mol. The molecule has 14 nitrogen and oxygen atoms in total. The van der Waals surface area contributed by atoms with E-state index in [-0.39, 0.29) is 37.4 Å². The average molecular weight is 1080 g/mol. The van der Waals surface area contributed by atoms with Gasteiger partial charge in [-0.1, -0.05) is 243 Å². The summed E-state index contributed by atoms with van der Waals surface area (Å²) in [7, 11) is 0. The van der Waals surface area contributed by atoms with Gasteiger partial charge in [-0.3, -0.25) is 0 Å². The topological polar surface area (TPSA) is 187 Å². The molecule has 77 heavy (non-hydrogen) atoms. The molecule has 0 saturated carbocycles. The zero-order chi connectivity index (χ0) is 55.5. The number of hydrogen-bond donors (Lipinski definition) is 0. The predicted octanol–water partition coefficient (Wildman–Crippen LogP) is 19.9. The normalized spacial score (nSPS) is 11.2. The summed E-state index contributed by atoms with van der Waals surface area (Å²) in [5, 5.41) is 7.59. The molecule has 0 atom stereocenters. The van der Waals surface area contributed by atoms with Crippen LogP contribution in [-0.2, 0) is 9.47 Å². The van der Waals surface area contributed by atoms with E-state index in [0.717, 1.165) is 77.0 Å². The second-order valence-corrected chi connectivity index (χ2v) is 21.5. The SMILES string of the molecule is CCCCCCCCCCCOc1cc(OCCCCCCCCCCC)cc(C(=O)OCC(CN=[N+]=[N-])(CN=[N+]=[N-])COC(=O)c2cc(OCCCCCCCCCCC)cc(OCCCCCCCCCCC)c2)c1. The van der Waals surface area contributed by atoms with Gasteiger partial charge in [-0.25, -0.2) is 9.59 Å².